The molecule has 1 aromatic rings. The fraction of sp³-hybridized carbons (Fsp3) is 0.538. The van der Waals surface area contributed by atoms with Crippen molar-refractivity contribution in [2.24, 2.45) is 5.92 Å². The molecule has 1 aromatic carbocycles. The Kier molecular flexibility index (Phi) is 3.38. The van der Waals surface area contributed by atoms with Crippen molar-refractivity contribution in [3.63, 3.8) is 0 Å². The minimum absolute atomic E-state index is 0.194. The summed E-state index contributed by atoms with van der Waals surface area (Å²) < 4.78 is 38.5. The largest absolute Gasteiger partial charge is 0.416 e. The molecular formula is C13H16F3NO. The third kappa shape index (κ3) is 2.67. The summed E-state index contributed by atoms with van der Waals surface area (Å²) in [6, 6.07) is 5.56. The second-order valence-electron chi connectivity index (χ2n) is 5.04. The quantitative estimate of drug-likeness (QED) is 0.853. The zero-order valence-corrected chi connectivity index (χ0v) is 10.1. The van der Waals surface area contributed by atoms with E-state index in [4.69, 9.17) is 0 Å². The summed E-state index contributed by atoms with van der Waals surface area (Å²) >= 11 is 0. The summed E-state index contributed by atoms with van der Waals surface area (Å²) in [5, 5.41) is 13.1. The van der Waals surface area contributed by atoms with Crippen molar-refractivity contribution in [2.75, 3.05) is 13.1 Å². The van der Waals surface area contributed by atoms with Crippen molar-refractivity contribution < 1.29 is 18.3 Å². The van der Waals surface area contributed by atoms with Crippen LogP contribution in [0.4, 0.5) is 13.2 Å². The molecule has 2 rings (SSSR count). The molecule has 2 atom stereocenters. The Bertz CT molecular complexity index is 428. The molecule has 1 saturated heterocycles. The van der Waals surface area contributed by atoms with Gasteiger partial charge in [0.25, 0.3) is 0 Å². The molecule has 0 spiro atoms. The second-order valence-corrected chi connectivity index (χ2v) is 5.04. The van der Waals surface area contributed by atoms with E-state index in [1.165, 1.54) is 12.1 Å². The van der Waals surface area contributed by atoms with Gasteiger partial charge in [-0.3, -0.25) is 0 Å². The molecule has 0 bridgehead atoms. The van der Waals surface area contributed by atoms with Crippen LogP contribution < -0.4 is 5.32 Å². The van der Waals surface area contributed by atoms with Gasteiger partial charge in [-0.1, -0.05) is 18.2 Å². The molecule has 2 unspecified atom stereocenters. The van der Waals surface area contributed by atoms with Crippen molar-refractivity contribution in [3.8, 4) is 0 Å². The Labute approximate surface area is 104 Å². The third-order valence-electron chi connectivity index (χ3n) is 3.54. The maximum atomic E-state index is 12.8. The molecule has 100 valence electrons. The highest BCUT2D eigenvalue weighted by atomic mass is 19.4. The van der Waals surface area contributed by atoms with Gasteiger partial charge in [0.05, 0.1) is 11.2 Å². The molecular weight excluding hydrogens is 243 g/mol. The zero-order chi connectivity index (χ0) is 13.4. The van der Waals surface area contributed by atoms with Crippen molar-refractivity contribution in [3.05, 3.63) is 35.4 Å². The first-order valence-corrected chi connectivity index (χ1v) is 5.89. The monoisotopic (exact) mass is 259 g/mol. The summed E-state index contributed by atoms with van der Waals surface area (Å²) in [6.07, 6.45) is -4.11. The molecule has 18 heavy (non-hydrogen) atoms. The highest BCUT2D eigenvalue weighted by Crippen LogP contribution is 2.34. The van der Waals surface area contributed by atoms with Crippen LogP contribution in [-0.4, -0.2) is 23.8 Å². The van der Waals surface area contributed by atoms with Gasteiger partial charge in [-0.25, -0.2) is 0 Å². The topological polar surface area (TPSA) is 32.3 Å². The molecule has 1 fully saturated rings. The summed E-state index contributed by atoms with van der Waals surface area (Å²) in [6.45, 7) is 2.62. The van der Waals surface area contributed by atoms with Crippen molar-refractivity contribution in [1.82, 2.24) is 5.32 Å². The lowest BCUT2D eigenvalue weighted by molar-refractivity contribution is -0.138. The van der Waals surface area contributed by atoms with Crippen molar-refractivity contribution >= 4 is 0 Å². The van der Waals surface area contributed by atoms with E-state index in [1.807, 2.05) is 0 Å². The van der Waals surface area contributed by atoms with E-state index < -0.39 is 17.3 Å². The Morgan fingerprint density at radius 1 is 1.39 bits per heavy atom. The van der Waals surface area contributed by atoms with Crippen LogP contribution in [0.2, 0.25) is 0 Å². The normalized spacial score (nSPS) is 28.6. The predicted octanol–water partition coefficient (Wildman–Crippen LogP) is 2.22. The molecule has 5 heteroatoms. The molecule has 2 N–H and O–H groups in total. The van der Waals surface area contributed by atoms with Crippen LogP contribution in [0.25, 0.3) is 0 Å². The van der Waals surface area contributed by atoms with E-state index in [-0.39, 0.29) is 17.9 Å². The van der Waals surface area contributed by atoms with E-state index >= 15 is 0 Å². The Hall–Kier alpha value is -1.07. The molecule has 0 amide bonds. The fourth-order valence-corrected chi connectivity index (χ4v) is 2.40. The maximum absolute atomic E-state index is 12.8. The van der Waals surface area contributed by atoms with Crippen LogP contribution in [0.3, 0.4) is 0 Å². The smallest absolute Gasteiger partial charge is 0.389 e. The molecule has 1 aliphatic heterocycles. The number of halogens is 3. The van der Waals surface area contributed by atoms with Crippen LogP contribution in [0.15, 0.2) is 24.3 Å². The van der Waals surface area contributed by atoms with Gasteiger partial charge in [-0.2, -0.15) is 13.2 Å². The number of hydrogen-bond donors (Lipinski definition) is 2. The van der Waals surface area contributed by atoms with Gasteiger partial charge >= 0.3 is 6.18 Å². The molecule has 2 nitrogen and oxygen atoms in total. The lowest BCUT2D eigenvalue weighted by Crippen LogP contribution is -2.35. The first-order chi connectivity index (χ1) is 8.31. The molecule has 0 saturated carbocycles. The number of aliphatic hydroxyl groups is 1. The van der Waals surface area contributed by atoms with E-state index in [9.17, 15) is 18.3 Å². The van der Waals surface area contributed by atoms with Crippen LogP contribution >= 0.6 is 0 Å². The van der Waals surface area contributed by atoms with Gasteiger partial charge in [0, 0.05) is 19.0 Å². The summed E-state index contributed by atoms with van der Waals surface area (Å²) in [5.74, 6) is -0.194. The van der Waals surface area contributed by atoms with E-state index in [1.54, 1.807) is 13.0 Å². The average molecular weight is 259 g/mol. The third-order valence-corrected chi connectivity index (χ3v) is 3.54. The number of β-amino-alcohol motifs (C(OH)–C–C–N with tert-alkyl or cyclic N) is 1. The van der Waals surface area contributed by atoms with E-state index in [2.05, 4.69) is 5.32 Å². The number of benzene rings is 1. The van der Waals surface area contributed by atoms with Crippen molar-refractivity contribution in [1.29, 1.82) is 0 Å². The summed E-state index contributed by atoms with van der Waals surface area (Å²) in [4.78, 5) is 0. The average Bonchev–Trinajstić information content (AvgIpc) is 2.58. The lowest BCUT2D eigenvalue weighted by Gasteiger charge is -2.25. The summed E-state index contributed by atoms with van der Waals surface area (Å²) in [7, 11) is 0. The number of alkyl halides is 3. The first kappa shape index (κ1) is 13.4. The van der Waals surface area contributed by atoms with Crippen LogP contribution in [0.1, 0.15) is 18.1 Å². The summed E-state index contributed by atoms with van der Waals surface area (Å²) in [5.41, 5.74) is -1.30. The zero-order valence-electron chi connectivity index (χ0n) is 10.1. The van der Waals surface area contributed by atoms with Crippen molar-refractivity contribution in [2.45, 2.75) is 25.1 Å². The van der Waals surface area contributed by atoms with Gasteiger partial charge in [0.1, 0.15) is 0 Å². The van der Waals surface area contributed by atoms with Crippen LogP contribution in [0, 0.1) is 5.92 Å². The van der Waals surface area contributed by atoms with Gasteiger partial charge < -0.3 is 10.4 Å². The Morgan fingerprint density at radius 3 is 2.61 bits per heavy atom. The predicted molar refractivity (Wildman–Crippen MR) is 62.1 cm³/mol. The van der Waals surface area contributed by atoms with E-state index in [0.717, 1.165) is 6.07 Å². The van der Waals surface area contributed by atoms with Gasteiger partial charge in [-0.05, 0) is 25.0 Å². The van der Waals surface area contributed by atoms with Gasteiger partial charge in [0.2, 0.25) is 0 Å². The molecule has 0 radical (unpaired) electrons. The maximum Gasteiger partial charge on any atom is 0.416 e. The first-order valence-electron chi connectivity index (χ1n) is 5.89. The Balaban J connectivity index is 2.25. The molecule has 0 aromatic heterocycles. The lowest BCUT2D eigenvalue weighted by atomic mass is 9.86. The van der Waals surface area contributed by atoms with Gasteiger partial charge in [-0.15, -0.1) is 0 Å². The minimum atomic E-state index is -4.34. The SMILES string of the molecule is CC1(O)CNCC1Cc1ccccc1C(F)(F)F. The number of rotatable bonds is 2. The van der Waals surface area contributed by atoms with Crippen LogP contribution in [-0.2, 0) is 12.6 Å². The van der Waals surface area contributed by atoms with Gasteiger partial charge in [0.15, 0.2) is 0 Å². The Morgan fingerprint density at radius 2 is 2.06 bits per heavy atom. The second kappa shape index (κ2) is 4.55. The highest BCUT2D eigenvalue weighted by Gasteiger charge is 2.39. The molecule has 1 heterocycles. The molecule has 0 aliphatic carbocycles. The standard InChI is InChI=1S/C13H16F3NO/c1-12(18)8-17-7-10(12)6-9-4-2-3-5-11(9)13(14,15)16/h2-5,10,17-18H,6-8H2,1H3. The minimum Gasteiger partial charge on any atom is -0.389 e. The number of nitrogens with one attached hydrogen (secondary N) is 1. The van der Waals surface area contributed by atoms with E-state index in [0.29, 0.717) is 13.1 Å². The molecule has 1 aliphatic rings. The fourth-order valence-electron chi connectivity index (χ4n) is 2.40. The highest BCUT2D eigenvalue weighted by molar-refractivity contribution is 5.30. The number of hydrogen-bond acceptors (Lipinski definition) is 2. The van der Waals surface area contributed by atoms with Crippen LogP contribution in [0.5, 0.6) is 0 Å².